The van der Waals surface area contributed by atoms with Crippen LogP contribution in [0.15, 0.2) is 76.3 Å². The smallest absolute Gasteiger partial charge is 0.389 e. The van der Waals surface area contributed by atoms with Crippen molar-refractivity contribution < 1.29 is 22.4 Å². The van der Waals surface area contributed by atoms with Gasteiger partial charge in [-0.15, -0.1) is 0 Å². The summed E-state index contributed by atoms with van der Waals surface area (Å²) in [6, 6.07) is 12.4. The lowest BCUT2D eigenvalue weighted by Crippen LogP contribution is -2.14. The Morgan fingerprint density at radius 1 is 1.06 bits per heavy atom. The number of benzene rings is 2. The van der Waals surface area contributed by atoms with E-state index in [2.05, 4.69) is 15.3 Å². The quantitative estimate of drug-likeness (QED) is 0.473. The van der Waals surface area contributed by atoms with Crippen LogP contribution in [0.25, 0.3) is 22.3 Å². The van der Waals surface area contributed by atoms with Crippen molar-refractivity contribution in [2.75, 3.05) is 5.32 Å². The number of aryl methyl sites for hydroxylation is 1. The number of hydrogen-bond donors (Lipinski definition) is 1. The molecule has 2 aromatic carbocycles. The maximum absolute atomic E-state index is 12.7. The number of para-hydroxylation sites is 1. The Balaban J connectivity index is 1.77. The van der Waals surface area contributed by atoms with Gasteiger partial charge < -0.3 is 9.73 Å². The van der Waals surface area contributed by atoms with Crippen molar-refractivity contribution in [3.05, 3.63) is 88.6 Å². The predicted molar refractivity (Wildman–Crippen MR) is 112 cm³/mol. The molecule has 162 valence electrons. The molecule has 0 unspecified atom stereocenters. The van der Waals surface area contributed by atoms with E-state index in [1.807, 2.05) is 0 Å². The van der Waals surface area contributed by atoms with Gasteiger partial charge in [0.25, 0.3) is 5.91 Å². The van der Waals surface area contributed by atoms with Crippen LogP contribution in [0.4, 0.5) is 18.9 Å². The monoisotopic (exact) mass is 439 g/mol. The molecule has 2 heterocycles. The fourth-order valence-corrected chi connectivity index (χ4v) is 3.27. The molecule has 1 amide bonds. The Bertz CT molecular complexity index is 1340. The van der Waals surface area contributed by atoms with Crippen molar-refractivity contribution in [3.63, 3.8) is 0 Å². The summed E-state index contributed by atoms with van der Waals surface area (Å²) >= 11 is 0. The Hall–Kier alpha value is -4.01. The number of nitrogens with zero attached hydrogens (tertiary/aromatic N) is 2. The van der Waals surface area contributed by atoms with Crippen LogP contribution in [0, 0.1) is 0 Å². The molecule has 2 aromatic heterocycles. The van der Waals surface area contributed by atoms with Gasteiger partial charge in [-0.05, 0) is 24.1 Å². The Morgan fingerprint density at radius 3 is 2.62 bits per heavy atom. The van der Waals surface area contributed by atoms with Crippen molar-refractivity contribution in [1.82, 2.24) is 9.97 Å². The van der Waals surface area contributed by atoms with Crippen LogP contribution in [0.2, 0.25) is 0 Å². The number of amides is 1. The maximum atomic E-state index is 12.7. The molecule has 1 N–H and O–H groups in total. The Kier molecular flexibility index (Phi) is 5.72. The van der Waals surface area contributed by atoms with Crippen LogP contribution in [0.1, 0.15) is 22.5 Å². The summed E-state index contributed by atoms with van der Waals surface area (Å²) in [5, 5.41) is 2.86. The summed E-state index contributed by atoms with van der Waals surface area (Å²) in [6.07, 6.45) is -1.48. The van der Waals surface area contributed by atoms with Gasteiger partial charge in [0.1, 0.15) is 11.5 Å². The molecule has 0 bridgehead atoms. The fourth-order valence-electron chi connectivity index (χ4n) is 3.27. The second-order valence-electron chi connectivity index (χ2n) is 6.97. The van der Waals surface area contributed by atoms with E-state index in [9.17, 15) is 22.8 Å². The zero-order valence-corrected chi connectivity index (χ0v) is 16.5. The molecule has 0 radical (unpaired) electrons. The third-order valence-corrected chi connectivity index (χ3v) is 4.76. The summed E-state index contributed by atoms with van der Waals surface area (Å²) in [6.45, 7) is 0. The number of aromatic nitrogens is 2. The molecular formula is C23H16F3N3O3. The first-order valence-corrected chi connectivity index (χ1v) is 9.61. The largest absolute Gasteiger partial charge is 0.454 e. The molecule has 9 heteroatoms. The number of anilines is 1. The molecular weight excluding hydrogens is 423 g/mol. The number of halogens is 3. The third kappa shape index (κ3) is 4.66. The molecule has 4 aromatic rings. The molecule has 32 heavy (non-hydrogen) atoms. The minimum absolute atomic E-state index is 0.0699. The number of carbonyl (C=O) groups is 1. The van der Waals surface area contributed by atoms with E-state index in [0.29, 0.717) is 11.1 Å². The van der Waals surface area contributed by atoms with Crippen LogP contribution in [-0.4, -0.2) is 22.1 Å². The van der Waals surface area contributed by atoms with Gasteiger partial charge in [-0.2, -0.15) is 13.2 Å². The van der Waals surface area contributed by atoms with Crippen LogP contribution in [0.5, 0.6) is 0 Å². The van der Waals surface area contributed by atoms with Crippen molar-refractivity contribution in [2.24, 2.45) is 0 Å². The molecule has 0 spiro atoms. The first kappa shape index (κ1) is 21.2. The van der Waals surface area contributed by atoms with Gasteiger partial charge in [0.05, 0.1) is 17.3 Å². The normalized spacial score (nSPS) is 11.5. The van der Waals surface area contributed by atoms with Crippen LogP contribution >= 0.6 is 0 Å². The molecule has 0 saturated heterocycles. The van der Waals surface area contributed by atoms with Gasteiger partial charge in [0.2, 0.25) is 0 Å². The van der Waals surface area contributed by atoms with E-state index >= 15 is 0 Å². The minimum Gasteiger partial charge on any atom is -0.454 e. The van der Waals surface area contributed by atoms with E-state index in [4.69, 9.17) is 4.42 Å². The van der Waals surface area contributed by atoms with E-state index in [1.165, 1.54) is 24.7 Å². The van der Waals surface area contributed by atoms with E-state index in [1.54, 1.807) is 42.5 Å². The van der Waals surface area contributed by atoms with Gasteiger partial charge in [0, 0.05) is 30.4 Å². The van der Waals surface area contributed by atoms with Gasteiger partial charge >= 0.3 is 6.18 Å². The number of nitrogens with one attached hydrogen (secondary N) is 1. The molecule has 6 nitrogen and oxygen atoms in total. The average Bonchev–Trinajstić information content (AvgIpc) is 2.78. The molecule has 0 aliphatic carbocycles. The second kappa shape index (κ2) is 8.62. The SMILES string of the molecule is O=C(Nc1cccc2c(=O)cc(-c3ccccc3CCC(F)(F)F)oc12)c1cnccn1. The van der Waals surface area contributed by atoms with Gasteiger partial charge in [-0.1, -0.05) is 30.3 Å². The predicted octanol–water partition coefficient (Wildman–Crippen LogP) is 5.00. The highest BCUT2D eigenvalue weighted by atomic mass is 19.4. The van der Waals surface area contributed by atoms with E-state index in [-0.39, 0.29) is 40.0 Å². The van der Waals surface area contributed by atoms with Crippen LogP contribution < -0.4 is 10.7 Å². The van der Waals surface area contributed by atoms with Gasteiger partial charge in [-0.25, -0.2) is 4.98 Å². The van der Waals surface area contributed by atoms with Crippen LogP contribution in [0.3, 0.4) is 0 Å². The number of alkyl halides is 3. The summed E-state index contributed by atoms with van der Waals surface area (Å²) in [5.41, 5.74) is 0.796. The van der Waals surface area contributed by atoms with Crippen LogP contribution in [-0.2, 0) is 6.42 Å². The summed E-state index contributed by atoms with van der Waals surface area (Å²) in [5.74, 6) is -0.439. The number of fused-ring (bicyclic) bond motifs is 1. The first-order chi connectivity index (χ1) is 15.3. The average molecular weight is 439 g/mol. The van der Waals surface area contributed by atoms with Crippen molar-refractivity contribution in [1.29, 1.82) is 0 Å². The van der Waals surface area contributed by atoms with Crippen molar-refractivity contribution in [2.45, 2.75) is 19.0 Å². The second-order valence-corrected chi connectivity index (χ2v) is 6.97. The Morgan fingerprint density at radius 2 is 1.88 bits per heavy atom. The minimum atomic E-state index is -4.31. The number of carbonyl (C=O) groups excluding carboxylic acids is 1. The molecule has 0 fully saturated rings. The van der Waals surface area contributed by atoms with Gasteiger partial charge in [0.15, 0.2) is 11.0 Å². The topological polar surface area (TPSA) is 85.1 Å². The highest BCUT2D eigenvalue weighted by molar-refractivity contribution is 6.06. The third-order valence-electron chi connectivity index (χ3n) is 4.76. The van der Waals surface area contributed by atoms with E-state index < -0.39 is 18.5 Å². The summed E-state index contributed by atoms with van der Waals surface area (Å²) in [4.78, 5) is 33.0. The first-order valence-electron chi connectivity index (χ1n) is 9.61. The lowest BCUT2D eigenvalue weighted by Gasteiger charge is -2.12. The molecule has 0 saturated carbocycles. The number of rotatable bonds is 5. The Labute approximate surface area is 179 Å². The van der Waals surface area contributed by atoms with Gasteiger partial charge in [-0.3, -0.25) is 14.6 Å². The van der Waals surface area contributed by atoms with Crippen molar-refractivity contribution in [3.8, 4) is 11.3 Å². The maximum Gasteiger partial charge on any atom is 0.389 e. The summed E-state index contributed by atoms with van der Waals surface area (Å²) < 4.78 is 44.2. The lowest BCUT2D eigenvalue weighted by molar-refractivity contribution is -0.133. The molecule has 0 aliphatic heterocycles. The standard InChI is InChI=1S/C23H16F3N3O3/c24-23(25,26)9-8-14-4-1-2-5-15(14)20-12-19(30)16-6-3-7-17(21(16)32-20)29-22(31)18-13-27-10-11-28-18/h1-7,10-13H,8-9H2,(H,29,31). The van der Waals surface area contributed by atoms with E-state index in [0.717, 1.165) is 0 Å². The summed E-state index contributed by atoms with van der Waals surface area (Å²) in [7, 11) is 0. The van der Waals surface area contributed by atoms with Crippen molar-refractivity contribution >= 4 is 22.6 Å². The fraction of sp³-hybridized carbons (Fsp3) is 0.130. The molecule has 0 aliphatic rings. The lowest BCUT2D eigenvalue weighted by atomic mass is 10.00. The highest BCUT2D eigenvalue weighted by Crippen LogP contribution is 2.31. The molecule has 0 atom stereocenters. The highest BCUT2D eigenvalue weighted by Gasteiger charge is 2.27. The zero-order valence-electron chi connectivity index (χ0n) is 16.5. The zero-order chi connectivity index (χ0) is 22.7. The number of hydrogen-bond acceptors (Lipinski definition) is 5. The molecule has 4 rings (SSSR count).